The summed E-state index contributed by atoms with van der Waals surface area (Å²) in [5.41, 5.74) is 6.08. The molecule has 0 radical (unpaired) electrons. The van der Waals surface area contributed by atoms with Crippen molar-refractivity contribution in [2.75, 3.05) is 5.73 Å². The van der Waals surface area contributed by atoms with Gasteiger partial charge in [0, 0.05) is 0 Å². The molecule has 0 atom stereocenters. The third-order valence-corrected chi connectivity index (χ3v) is 2.63. The van der Waals surface area contributed by atoms with Crippen molar-refractivity contribution in [1.29, 1.82) is 0 Å². The van der Waals surface area contributed by atoms with Gasteiger partial charge in [-0.2, -0.15) is 4.52 Å². The molecular formula is C9H8N8O2. The lowest BCUT2D eigenvalue weighted by Gasteiger charge is -1.98. The van der Waals surface area contributed by atoms with Crippen LogP contribution >= 0.6 is 0 Å². The number of aromatic nitrogens is 6. The topological polar surface area (TPSA) is 130 Å². The Bertz CT molecular complexity index is 789. The highest BCUT2D eigenvalue weighted by atomic mass is 16.6. The van der Waals surface area contributed by atoms with E-state index in [1.807, 2.05) is 0 Å². The van der Waals surface area contributed by atoms with Crippen LogP contribution in [-0.4, -0.2) is 34.3 Å². The molecule has 0 fully saturated rings. The van der Waals surface area contributed by atoms with Crippen molar-refractivity contribution in [2.24, 2.45) is 7.05 Å². The van der Waals surface area contributed by atoms with Gasteiger partial charge in [0.2, 0.25) is 5.82 Å². The molecule has 19 heavy (non-hydrogen) atoms. The van der Waals surface area contributed by atoms with Crippen LogP contribution in [0.15, 0.2) is 18.3 Å². The fourth-order valence-electron chi connectivity index (χ4n) is 1.72. The number of hydrogen-bond donors (Lipinski definition) is 1. The van der Waals surface area contributed by atoms with Gasteiger partial charge in [0.05, 0.1) is 7.05 Å². The molecule has 0 amide bonds. The maximum Gasteiger partial charge on any atom is 0.343 e. The first kappa shape index (κ1) is 11.1. The number of fused-ring (bicyclic) bond motifs is 1. The summed E-state index contributed by atoms with van der Waals surface area (Å²) in [5.74, 6) is 0.725. The van der Waals surface area contributed by atoms with Gasteiger partial charge in [0.15, 0.2) is 5.65 Å². The van der Waals surface area contributed by atoms with Gasteiger partial charge in [0.1, 0.15) is 12.0 Å². The molecule has 0 aromatic carbocycles. The smallest absolute Gasteiger partial charge is 0.343 e. The van der Waals surface area contributed by atoms with Gasteiger partial charge in [0.25, 0.3) is 5.82 Å². The van der Waals surface area contributed by atoms with Crippen molar-refractivity contribution >= 4 is 17.3 Å². The lowest BCUT2D eigenvalue weighted by molar-refractivity contribution is -0.391. The number of nitrogens with zero attached hydrogens (tertiary/aromatic N) is 7. The summed E-state index contributed by atoms with van der Waals surface area (Å²) in [6.45, 7) is 0. The summed E-state index contributed by atoms with van der Waals surface area (Å²) in [6, 6.07) is 3.24. The van der Waals surface area contributed by atoms with Crippen LogP contribution in [0.4, 0.5) is 11.6 Å². The normalized spacial score (nSPS) is 11.0. The molecule has 0 spiro atoms. The molecule has 10 heteroatoms. The van der Waals surface area contributed by atoms with E-state index in [2.05, 4.69) is 20.3 Å². The second-order valence-corrected chi connectivity index (χ2v) is 3.81. The molecule has 2 N–H and O–H groups in total. The second kappa shape index (κ2) is 3.73. The number of anilines is 1. The van der Waals surface area contributed by atoms with Crippen LogP contribution in [-0.2, 0) is 7.05 Å². The van der Waals surface area contributed by atoms with E-state index in [0.29, 0.717) is 5.65 Å². The number of nitrogen functional groups attached to an aromatic ring is 1. The van der Waals surface area contributed by atoms with E-state index in [1.165, 1.54) is 16.1 Å². The Balaban J connectivity index is 2.25. The molecule has 3 rings (SSSR count). The van der Waals surface area contributed by atoms with Crippen molar-refractivity contribution in [3.8, 4) is 11.6 Å². The minimum Gasteiger partial charge on any atom is -0.382 e. The largest absolute Gasteiger partial charge is 0.382 e. The van der Waals surface area contributed by atoms with Gasteiger partial charge in [-0.05, 0) is 17.1 Å². The predicted molar refractivity (Wildman–Crippen MR) is 64.1 cm³/mol. The standard InChI is InChI=1S/C9H8N8O2/c1-15-7(17(18)19)4-11-8(15)9-13-12-6-3-2-5(10)14-16(6)9/h2-4H,1H3,(H2,10,14). The SMILES string of the molecule is Cn1c([N+](=O)[O-])cnc1-c1nnc2ccc(N)nn12. The van der Waals surface area contributed by atoms with E-state index in [9.17, 15) is 10.1 Å². The van der Waals surface area contributed by atoms with Crippen molar-refractivity contribution in [3.05, 3.63) is 28.4 Å². The first-order chi connectivity index (χ1) is 9.08. The quantitative estimate of drug-likeness (QED) is 0.507. The van der Waals surface area contributed by atoms with Crippen LogP contribution in [0.1, 0.15) is 0 Å². The van der Waals surface area contributed by atoms with Crippen LogP contribution in [0.25, 0.3) is 17.3 Å². The van der Waals surface area contributed by atoms with Crippen molar-refractivity contribution < 1.29 is 4.92 Å². The van der Waals surface area contributed by atoms with Crippen molar-refractivity contribution in [2.45, 2.75) is 0 Å². The Morgan fingerprint density at radius 1 is 1.32 bits per heavy atom. The fourth-order valence-corrected chi connectivity index (χ4v) is 1.72. The highest BCUT2D eigenvalue weighted by Gasteiger charge is 2.22. The maximum absolute atomic E-state index is 10.8. The number of hydrogen-bond acceptors (Lipinski definition) is 7. The van der Waals surface area contributed by atoms with E-state index >= 15 is 0 Å². The zero-order valence-corrected chi connectivity index (χ0v) is 9.76. The lowest BCUT2D eigenvalue weighted by Crippen LogP contribution is -2.04. The predicted octanol–water partition coefficient (Wildman–Crippen LogP) is 0.0152. The van der Waals surface area contributed by atoms with E-state index in [4.69, 9.17) is 5.73 Å². The van der Waals surface area contributed by atoms with Gasteiger partial charge < -0.3 is 15.8 Å². The molecule has 0 bridgehead atoms. The highest BCUT2D eigenvalue weighted by molar-refractivity contribution is 5.54. The first-order valence-electron chi connectivity index (χ1n) is 5.22. The Morgan fingerprint density at radius 3 is 2.79 bits per heavy atom. The summed E-state index contributed by atoms with van der Waals surface area (Å²) < 4.78 is 2.70. The Kier molecular flexibility index (Phi) is 2.17. The van der Waals surface area contributed by atoms with Crippen LogP contribution in [0.5, 0.6) is 0 Å². The molecule has 96 valence electrons. The van der Waals surface area contributed by atoms with Crippen LogP contribution in [0.2, 0.25) is 0 Å². The van der Waals surface area contributed by atoms with Crippen molar-refractivity contribution in [1.82, 2.24) is 29.4 Å². The number of imidazole rings is 1. The fraction of sp³-hybridized carbons (Fsp3) is 0.111. The van der Waals surface area contributed by atoms with Gasteiger partial charge in [-0.25, -0.2) is 9.55 Å². The first-order valence-corrected chi connectivity index (χ1v) is 5.22. The van der Waals surface area contributed by atoms with Crippen LogP contribution in [0.3, 0.4) is 0 Å². The molecule has 0 aliphatic rings. The Hall–Kier alpha value is -3.04. The minimum atomic E-state index is -0.526. The van der Waals surface area contributed by atoms with Gasteiger partial charge in [-0.1, -0.05) is 0 Å². The lowest BCUT2D eigenvalue weighted by atomic mass is 10.5. The van der Waals surface area contributed by atoms with Gasteiger partial charge in [-0.15, -0.1) is 15.3 Å². The third-order valence-electron chi connectivity index (χ3n) is 2.63. The minimum absolute atomic E-state index is 0.143. The molecule has 0 saturated heterocycles. The highest BCUT2D eigenvalue weighted by Crippen LogP contribution is 2.21. The molecule has 0 saturated carbocycles. The second-order valence-electron chi connectivity index (χ2n) is 3.81. The Labute approximate surface area is 105 Å². The maximum atomic E-state index is 10.8. The van der Waals surface area contributed by atoms with E-state index in [0.717, 1.165) is 6.20 Å². The molecule has 3 aromatic heterocycles. The summed E-state index contributed by atoms with van der Waals surface area (Å²) in [7, 11) is 1.52. The molecular weight excluding hydrogens is 252 g/mol. The number of rotatable bonds is 2. The number of nitro groups is 1. The van der Waals surface area contributed by atoms with E-state index < -0.39 is 4.92 Å². The zero-order valence-electron chi connectivity index (χ0n) is 9.76. The monoisotopic (exact) mass is 260 g/mol. The summed E-state index contributed by atoms with van der Waals surface area (Å²) in [4.78, 5) is 14.2. The number of nitrogens with two attached hydrogens (primary N) is 1. The summed E-state index contributed by atoms with van der Waals surface area (Å²) >= 11 is 0. The average Bonchev–Trinajstić information content (AvgIpc) is 2.92. The Morgan fingerprint density at radius 2 is 2.11 bits per heavy atom. The molecule has 0 aliphatic heterocycles. The summed E-state index contributed by atoms with van der Waals surface area (Å²) in [6.07, 6.45) is 1.16. The zero-order chi connectivity index (χ0) is 13.6. The molecule has 0 aliphatic carbocycles. The molecule has 3 aromatic rings. The summed E-state index contributed by atoms with van der Waals surface area (Å²) in [5, 5.41) is 22.7. The van der Waals surface area contributed by atoms with Gasteiger partial charge in [-0.3, -0.25) is 0 Å². The van der Waals surface area contributed by atoms with Gasteiger partial charge >= 0.3 is 5.82 Å². The van der Waals surface area contributed by atoms with Crippen LogP contribution < -0.4 is 5.73 Å². The molecule has 10 nitrogen and oxygen atoms in total. The van der Waals surface area contributed by atoms with Crippen LogP contribution in [0, 0.1) is 10.1 Å². The van der Waals surface area contributed by atoms with E-state index in [-0.39, 0.29) is 23.3 Å². The average molecular weight is 260 g/mol. The third kappa shape index (κ3) is 1.57. The molecule has 3 heterocycles. The van der Waals surface area contributed by atoms with E-state index in [1.54, 1.807) is 12.1 Å². The molecule has 0 unspecified atom stereocenters. The van der Waals surface area contributed by atoms with Crippen molar-refractivity contribution in [3.63, 3.8) is 0 Å².